The van der Waals surface area contributed by atoms with E-state index in [1.54, 1.807) is 18.2 Å². The molecule has 1 aliphatic rings. The molecule has 0 aliphatic carbocycles. The Labute approximate surface area is 178 Å². The molecule has 0 saturated carbocycles. The molecule has 1 heterocycles. The van der Waals surface area contributed by atoms with Gasteiger partial charge in [-0.25, -0.2) is 4.79 Å². The van der Waals surface area contributed by atoms with Crippen molar-refractivity contribution in [3.05, 3.63) is 54.1 Å². The molecule has 0 radical (unpaired) electrons. The predicted octanol–water partition coefficient (Wildman–Crippen LogP) is 4.10. The highest BCUT2D eigenvalue weighted by atomic mass is 16.5. The molecule has 6 nitrogen and oxygen atoms in total. The molecule has 0 bridgehead atoms. The van der Waals surface area contributed by atoms with Crippen molar-refractivity contribution in [2.24, 2.45) is 5.92 Å². The van der Waals surface area contributed by atoms with Gasteiger partial charge in [0.05, 0.1) is 12.5 Å². The van der Waals surface area contributed by atoms with Gasteiger partial charge in [-0.2, -0.15) is 0 Å². The fraction of sp³-hybridized carbons (Fsp3) is 0.500. The molecule has 1 aliphatic heterocycles. The third-order valence-electron chi connectivity index (χ3n) is 5.34. The Bertz CT molecular complexity index is 754. The van der Waals surface area contributed by atoms with Crippen LogP contribution in [0, 0.1) is 5.92 Å². The molecule has 1 aromatic carbocycles. The predicted molar refractivity (Wildman–Crippen MR) is 114 cm³/mol. The number of esters is 2. The minimum absolute atomic E-state index is 0.0899. The highest BCUT2D eigenvalue weighted by Crippen LogP contribution is 2.27. The normalized spacial score (nSPS) is 23.0. The molecule has 0 aromatic heterocycles. The Morgan fingerprint density at radius 2 is 2.13 bits per heavy atom. The number of aryl methyl sites for hydroxylation is 1. The van der Waals surface area contributed by atoms with Crippen molar-refractivity contribution in [2.45, 2.75) is 64.1 Å². The zero-order valence-corrected chi connectivity index (χ0v) is 17.6. The molecule has 6 heteroatoms. The van der Waals surface area contributed by atoms with Crippen molar-refractivity contribution in [3.8, 4) is 5.75 Å². The molecule has 3 unspecified atom stereocenters. The first-order valence-electron chi connectivity index (χ1n) is 10.5. The maximum absolute atomic E-state index is 12.8. The molecule has 0 saturated heterocycles. The fourth-order valence-electron chi connectivity index (χ4n) is 3.55. The first-order chi connectivity index (χ1) is 14.4. The second-order valence-electron chi connectivity index (χ2n) is 7.75. The second kappa shape index (κ2) is 12.2. The van der Waals surface area contributed by atoms with E-state index in [4.69, 9.17) is 9.47 Å². The summed E-state index contributed by atoms with van der Waals surface area (Å²) in [5.74, 6) is -0.962. The Morgan fingerprint density at radius 1 is 1.33 bits per heavy atom. The van der Waals surface area contributed by atoms with Crippen LogP contribution in [0.2, 0.25) is 0 Å². The Balaban J connectivity index is 2.13. The number of carbonyl (C=O) groups excluding carboxylic acids is 2. The molecule has 2 rings (SSSR count). The molecule has 2 N–H and O–H groups in total. The lowest BCUT2D eigenvalue weighted by atomic mass is 9.91. The number of hydrogen-bond acceptors (Lipinski definition) is 6. The molecule has 164 valence electrons. The first-order valence-corrected chi connectivity index (χ1v) is 10.5. The van der Waals surface area contributed by atoms with Gasteiger partial charge in [0.25, 0.3) is 0 Å². The van der Waals surface area contributed by atoms with Crippen LogP contribution in [0.3, 0.4) is 0 Å². The Hall–Kier alpha value is -2.60. The lowest BCUT2D eigenvalue weighted by molar-refractivity contribution is -0.141. The number of carbonyl (C=O) groups is 2. The van der Waals surface area contributed by atoms with Gasteiger partial charge >= 0.3 is 11.9 Å². The zero-order valence-electron chi connectivity index (χ0n) is 17.6. The van der Waals surface area contributed by atoms with Gasteiger partial charge in [-0.05, 0) is 36.8 Å². The van der Waals surface area contributed by atoms with E-state index >= 15 is 0 Å². The molecular formula is C24H32O6. The highest BCUT2D eigenvalue weighted by Gasteiger charge is 2.26. The molecule has 3 atom stereocenters. The molecular weight excluding hydrogens is 384 g/mol. The monoisotopic (exact) mass is 416 g/mol. The SMILES string of the molecule is C=CCOC(=O)C/C=C/CC1CC(O)C(C)CCCCc2cccc(O)c2C(=O)O1. The number of fused-ring (bicyclic) bond motifs is 1. The van der Waals surface area contributed by atoms with Crippen molar-refractivity contribution >= 4 is 11.9 Å². The maximum Gasteiger partial charge on any atom is 0.342 e. The van der Waals surface area contributed by atoms with Crippen molar-refractivity contribution in [1.82, 2.24) is 0 Å². The number of aliphatic hydroxyl groups is 1. The number of hydrogen-bond donors (Lipinski definition) is 2. The summed E-state index contributed by atoms with van der Waals surface area (Å²) in [5, 5.41) is 20.8. The van der Waals surface area contributed by atoms with Crippen LogP contribution < -0.4 is 0 Å². The first kappa shape index (κ1) is 23.7. The number of phenolic OH excluding ortho intramolecular Hbond substituents is 1. The van der Waals surface area contributed by atoms with E-state index < -0.39 is 18.2 Å². The summed E-state index contributed by atoms with van der Waals surface area (Å²) in [7, 11) is 0. The zero-order chi connectivity index (χ0) is 21.9. The molecule has 0 spiro atoms. The summed E-state index contributed by atoms with van der Waals surface area (Å²) < 4.78 is 10.6. The van der Waals surface area contributed by atoms with E-state index in [9.17, 15) is 19.8 Å². The van der Waals surface area contributed by atoms with Gasteiger partial charge < -0.3 is 19.7 Å². The number of ether oxygens (including phenoxy) is 2. The quantitative estimate of drug-likeness (QED) is 0.536. The molecule has 1 aromatic rings. The molecule has 0 amide bonds. The lowest BCUT2D eigenvalue weighted by Crippen LogP contribution is -2.28. The maximum atomic E-state index is 12.8. The van der Waals surface area contributed by atoms with E-state index in [2.05, 4.69) is 6.58 Å². The smallest absolute Gasteiger partial charge is 0.342 e. The highest BCUT2D eigenvalue weighted by molar-refractivity contribution is 5.94. The summed E-state index contributed by atoms with van der Waals surface area (Å²) in [6, 6.07) is 5.04. The number of benzene rings is 1. The van der Waals surface area contributed by atoms with Crippen molar-refractivity contribution in [1.29, 1.82) is 0 Å². The number of cyclic esters (lactones) is 1. The standard InChI is InChI=1S/C24H32O6/c1-3-15-29-22(27)14-7-6-12-19-16-21(26)17(2)9-4-5-10-18-11-8-13-20(25)23(18)24(28)30-19/h3,6-8,11,13,17,19,21,25-26H,1,4-5,9-10,12,14-16H2,2H3/b7-6+. The van der Waals surface area contributed by atoms with Crippen LogP contribution in [0.15, 0.2) is 43.0 Å². The summed E-state index contributed by atoms with van der Waals surface area (Å²) in [4.78, 5) is 24.4. The van der Waals surface area contributed by atoms with Gasteiger partial charge in [0, 0.05) is 12.8 Å². The summed E-state index contributed by atoms with van der Waals surface area (Å²) >= 11 is 0. The van der Waals surface area contributed by atoms with Crippen LogP contribution >= 0.6 is 0 Å². The minimum atomic E-state index is -0.600. The number of aromatic hydroxyl groups is 1. The van der Waals surface area contributed by atoms with Crippen LogP contribution in [0.25, 0.3) is 0 Å². The van der Waals surface area contributed by atoms with E-state index in [1.165, 1.54) is 12.1 Å². The van der Waals surface area contributed by atoms with Gasteiger partial charge in [-0.1, -0.05) is 50.3 Å². The molecule has 30 heavy (non-hydrogen) atoms. The van der Waals surface area contributed by atoms with Gasteiger partial charge in [0.2, 0.25) is 0 Å². The van der Waals surface area contributed by atoms with E-state index in [-0.39, 0.29) is 36.2 Å². The van der Waals surface area contributed by atoms with Crippen LogP contribution in [0.1, 0.15) is 61.4 Å². The largest absolute Gasteiger partial charge is 0.507 e. The topological polar surface area (TPSA) is 93.1 Å². The van der Waals surface area contributed by atoms with Gasteiger partial charge in [-0.3, -0.25) is 4.79 Å². The summed E-state index contributed by atoms with van der Waals surface area (Å²) in [6.45, 7) is 5.66. The van der Waals surface area contributed by atoms with Crippen molar-refractivity contribution < 1.29 is 29.3 Å². The second-order valence-corrected chi connectivity index (χ2v) is 7.75. The number of phenols is 1. The van der Waals surface area contributed by atoms with Crippen LogP contribution in [-0.4, -0.2) is 41.0 Å². The van der Waals surface area contributed by atoms with E-state index in [0.717, 1.165) is 24.8 Å². The van der Waals surface area contributed by atoms with Gasteiger partial charge in [-0.15, -0.1) is 0 Å². The van der Waals surface area contributed by atoms with Gasteiger partial charge in [0.1, 0.15) is 24.0 Å². The lowest BCUT2D eigenvalue weighted by Gasteiger charge is -2.25. The average molecular weight is 417 g/mol. The van der Waals surface area contributed by atoms with Crippen LogP contribution in [0.4, 0.5) is 0 Å². The number of rotatable bonds is 6. The van der Waals surface area contributed by atoms with Crippen molar-refractivity contribution in [2.75, 3.05) is 6.61 Å². The number of aliphatic hydroxyl groups excluding tert-OH is 1. The minimum Gasteiger partial charge on any atom is -0.507 e. The average Bonchev–Trinajstić information content (AvgIpc) is 2.71. The summed E-state index contributed by atoms with van der Waals surface area (Å²) in [5.41, 5.74) is 0.968. The van der Waals surface area contributed by atoms with Crippen LogP contribution in [-0.2, 0) is 20.7 Å². The fourth-order valence-corrected chi connectivity index (χ4v) is 3.55. The van der Waals surface area contributed by atoms with E-state index in [1.807, 2.05) is 13.0 Å². The third-order valence-corrected chi connectivity index (χ3v) is 5.34. The van der Waals surface area contributed by atoms with Crippen LogP contribution in [0.5, 0.6) is 5.75 Å². The summed E-state index contributed by atoms with van der Waals surface area (Å²) in [6.07, 6.45) is 7.85. The third kappa shape index (κ3) is 7.34. The van der Waals surface area contributed by atoms with Crippen molar-refractivity contribution in [3.63, 3.8) is 0 Å². The van der Waals surface area contributed by atoms with E-state index in [0.29, 0.717) is 19.3 Å². The Kier molecular flexibility index (Phi) is 9.61. The Morgan fingerprint density at radius 3 is 2.90 bits per heavy atom. The molecule has 0 fully saturated rings. The van der Waals surface area contributed by atoms with Gasteiger partial charge in [0.15, 0.2) is 0 Å².